The van der Waals surface area contributed by atoms with Gasteiger partial charge in [0.05, 0.1) is 18.8 Å². The van der Waals surface area contributed by atoms with Crippen LogP contribution in [0.5, 0.6) is 11.5 Å². The Bertz CT molecular complexity index is 537. The molecule has 0 aliphatic heterocycles. The Labute approximate surface area is 106 Å². The smallest absolute Gasteiger partial charge is 0.160 e. The van der Waals surface area contributed by atoms with Gasteiger partial charge in [-0.05, 0) is 25.1 Å². The van der Waals surface area contributed by atoms with E-state index in [1.165, 1.54) is 7.11 Å². The fraction of sp³-hybridized carbons (Fsp3) is 0.308. The molecule has 0 amide bonds. The van der Waals surface area contributed by atoms with Crippen molar-refractivity contribution in [1.82, 2.24) is 9.78 Å². The number of phenols is 1. The molecule has 0 aliphatic rings. The third-order valence-corrected chi connectivity index (χ3v) is 2.86. The van der Waals surface area contributed by atoms with Crippen LogP contribution in [-0.4, -0.2) is 22.0 Å². The summed E-state index contributed by atoms with van der Waals surface area (Å²) in [6.45, 7) is 2.04. The second-order valence-electron chi connectivity index (χ2n) is 4.13. The van der Waals surface area contributed by atoms with E-state index in [1.807, 2.05) is 30.8 Å². The lowest BCUT2D eigenvalue weighted by Crippen LogP contribution is -2.11. The van der Waals surface area contributed by atoms with Gasteiger partial charge in [0.15, 0.2) is 11.5 Å². The molecule has 2 rings (SSSR count). The molecule has 2 N–H and O–H groups in total. The van der Waals surface area contributed by atoms with Crippen LogP contribution in [0.1, 0.15) is 18.7 Å². The average molecular weight is 247 g/mol. The SMILES string of the molecule is COc1ccc(NC(C)c2ccnn2C)cc1O. The third kappa shape index (κ3) is 2.40. The fourth-order valence-corrected chi connectivity index (χ4v) is 1.91. The van der Waals surface area contributed by atoms with Crippen LogP contribution in [0, 0.1) is 0 Å². The Morgan fingerprint density at radius 3 is 2.72 bits per heavy atom. The Hall–Kier alpha value is -2.17. The minimum Gasteiger partial charge on any atom is -0.504 e. The number of nitrogens with one attached hydrogen (secondary N) is 1. The van der Waals surface area contributed by atoms with Crippen molar-refractivity contribution in [2.75, 3.05) is 12.4 Å². The quantitative estimate of drug-likeness (QED) is 0.870. The summed E-state index contributed by atoms with van der Waals surface area (Å²) in [7, 11) is 3.43. The molecule has 1 unspecified atom stereocenters. The molecule has 1 heterocycles. The van der Waals surface area contributed by atoms with Crippen molar-refractivity contribution >= 4 is 5.69 Å². The van der Waals surface area contributed by atoms with Gasteiger partial charge in [0, 0.05) is 25.0 Å². The largest absolute Gasteiger partial charge is 0.504 e. The minimum absolute atomic E-state index is 0.102. The number of ether oxygens (including phenoxy) is 1. The summed E-state index contributed by atoms with van der Waals surface area (Å²) >= 11 is 0. The van der Waals surface area contributed by atoms with Gasteiger partial charge in [-0.2, -0.15) is 5.10 Å². The van der Waals surface area contributed by atoms with E-state index in [-0.39, 0.29) is 11.8 Å². The van der Waals surface area contributed by atoms with Crippen molar-refractivity contribution in [2.24, 2.45) is 7.05 Å². The highest BCUT2D eigenvalue weighted by Gasteiger charge is 2.10. The lowest BCUT2D eigenvalue weighted by atomic mass is 10.2. The number of hydrogen-bond acceptors (Lipinski definition) is 4. The zero-order valence-corrected chi connectivity index (χ0v) is 10.7. The molecule has 5 heteroatoms. The number of aryl methyl sites for hydroxylation is 1. The molecule has 0 bridgehead atoms. The van der Waals surface area contributed by atoms with Crippen molar-refractivity contribution < 1.29 is 9.84 Å². The number of aromatic hydroxyl groups is 1. The summed E-state index contributed by atoms with van der Waals surface area (Å²) in [4.78, 5) is 0. The van der Waals surface area contributed by atoms with Gasteiger partial charge >= 0.3 is 0 Å². The molecule has 18 heavy (non-hydrogen) atoms. The van der Waals surface area contributed by atoms with Crippen molar-refractivity contribution in [3.8, 4) is 11.5 Å². The Morgan fingerprint density at radius 1 is 1.39 bits per heavy atom. The molecule has 0 saturated carbocycles. The summed E-state index contributed by atoms with van der Waals surface area (Å²) in [6.07, 6.45) is 1.76. The molecule has 0 fully saturated rings. The minimum atomic E-state index is 0.102. The number of anilines is 1. The zero-order valence-electron chi connectivity index (χ0n) is 10.7. The van der Waals surface area contributed by atoms with Crippen molar-refractivity contribution in [3.05, 3.63) is 36.2 Å². The predicted molar refractivity (Wildman–Crippen MR) is 69.9 cm³/mol. The molecular formula is C13H17N3O2. The molecule has 1 atom stereocenters. The van der Waals surface area contributed by atoms with E-state index in [0.29, 0.717) is 5.75 Å². The second kappa shape index (κ2) is 5.00. The van der Waals surface area contributed by atoms with Crippen LogP contribution in [0.4, 0.5) is 5.69 Å². The second-order valence-corrected chi connectivity index (χ2v) is 4.13. The van der Waals surface area contributed by atoms with Gasteiger partial charge in [-0.3, -0.25) is 4.68 Å². The van der Waals surface area contributed by atoms with Gasteiger partial charge in [-0.15, -0.1) is 0 Å². The molecular weight excluding hydrogens is 230 g/mol. The summed E-state index contributed by atoms with van der Waals surface area (Å²) in [5.74, 6) is 0.591. The molecule has 5 nitrogen and oxygen atoms in total. The van der Waals surface area contributed by atoms with Gasteiger partial charge in [-0.1, -0.05) is 0 Å². The maximum atomic E-state index is 9.71. The number of nitrogens with zero attached hydrogens (tertiary/aromatic N) is 2. The maximum Gasteiger partial charge on any atom is 0.160 e. The first kappa shape index (κ1) is 12.3. The number of phenolic OH excluding ortho intramolecular Hbond substituents is 1. The topological polar surface area (TPSA) is 59.3 Å². The highest BCUT2D eigenvalue weighted by Crippen LogP contribution is 2.30. The zero-order chi connectivity index (χ0) is 13.1. The Balaban J connectivity index is 2.15. The van der Waals surface area contributed by atoms with E-state index in [4.69, 9.17) is 4.74 Å². The van der Waals surface area contributed by atoms with E-state index in [1.54, 1.807) is 18.3 Å². The predicted octanol–water partition coefficient (Wildman–Crippen LogP) is 2.31. The number of rotatable bonds is 4. The highest BCUT2D eigenvalue weighted by molar-refractivity contribution is 5.54. The number of methoxy groups -OCH3 is 1. The van der Waals surface area contributed by atoms with Crippen LogP contribution in [0.2, 0.25) is 0 Å². The normalized spacial score (nSPS) is 12.2. The maximum absolute atomic E-state index is 9.71. The van der Waals surface area contributed by atoms with Crippen LogP contribution in [0.3, 0.4) is 0 Å². The number of benzene rings is 1. The molecule has 0 saturated heterocycles. The molecule has 0 spiro atoms. The first-order valence-corrected chi connectivity index (χ1v) is 5.73. The first-order valence-electron chi connectivity index (χ1n) is 5.73. The molecule has 1 aromatic heterocycles. The van der Waals surface area contributed by atoms with Crippen LogP contribution in [-0.2, 0) is 7.05 Å². The Kier molecular flexibility index (Phi) is 3.41. The third-order valence-electron chi connectivity index (χ3n) is 2.86. The van der Waals surface area contributed by atoms with Gasteiger partial charge in [0.2, 0.25) is 0 Å². The van der Waals surface area contributed by atoms with Crippen molar-refractivity contribution in [1.29, 1.82) is 0 Å². The molecule has 96 valence electrons. The van der Waals surface area contributed by atoms with Gasteiger partial charge in [0.25, 0.3) is 0 Å². The monoisotopic (exact) mass is 247 g/mol. The fourth-order valence-electron chi connectivity index (χ4n) is 1.91. The Morgan fingerprint density at radius 2 is 2.17 bits per heavy atom. The lowest BCUT2D eigenvalue weighted by Gasteiger charge is -2.16. The van der Waals surface area contributed by atoms with E-state index < -0.39 is 0 Å². The number of hydrogen-bond donors (Lipinski definition) is 2. The molecule has 0 radical (unpaired) electrons. The van der Waals surface area contributed by atoms with Crippen molar-refractivity contribution in [3.63, 3.8) is 0 Å². The van der Waals surface area contributed by atoms with Gasteiger partial charge in [-0.25, -0.2) is 0 Å². The van der Waals surface area contributed by atoms with Crippen LogP contribution in [0.25, 0.3) is 0 Å². The van der Waals surface area contributed by atoms with Crippen LogP contribution in [0.15, 0.2) is 30.5 Å². The standard InChI is InChI=1S/C13H17N3O2/c1-9(11-6-7-14-16(11)2)15-10-4-5-13(18-3)12(17)8-10/h4-9,15,17H,1-3H3. The van der Waals surface area contributed by atoms with Gasteiger partial charge < -0.3 is 15.2 Å². The molecule has 2 aromatic rings. The van der Waals surface area contributed by atoms with E-state index in [0.717, 1.165) is 11.4 Å². The van der Waals surface area contributed by atoms with E-state index in [9.17, 15) is 5.11 Å². The number of aromatic nitrogens is 2. The summed E-state index contributed by atoms with van der Waals surface area (Å²) in [6, 6.07) is 7.30. The lowest BCUT2D eigenvalue weighted by molar-refractivity contribution is 0.373. The highest BCUT2D eigenvalue weighted by atomic mass is 16.5. The van der Waals surface area contributed by atoms with E-state index in [2.05, 4.69) is 10.4 Å². The summed E-state index contributed by atoms with van der Waals surface area (Å²) in [5.41, 5.74) is 1.91. The van der Waals surface area contributed by atoms with E-state index >= 15 is 0 Å². The average Bonchev–Trinajstić information content (AvgIpc) is 2.76. The van der Waals surface area contributed by atoms with Crippen LogP contribution < -0.4 is 10.1 Å². The van der Waals surface area contributed by atoms with Crippen molar-refractivity contribution in [2.45, 2.75) is 13.0 Å². The van der Waals surface area contributed by atoms with Crippen LogP contribution >= 0.6 is 0 Å². The molecule has 1 aromatic carbocycles. The first-order chi connectivity index (χ1) is 8.61. The summed E-state index contributed by atoms with van der Waals surface area (Å²) < 4.78 is 6.82. The summed E-state index contributed by atoms with van der Waals surface area (Å²) in [5, 5.41) is 17.1. The molecule has 0 aliphatic carbocycles. The van der Waals surface area contributed by atoms with Gasteiger partial charge in [0.1, 0.15) is 0 Å².